The number of aliphatic imine (C=N–C) groups is 1. The van der Waals surface area contributed by atoms with E-state index >= 15 is 0 Å². The smallest absolute Gasteiger partial charge is 0.335 e. The van der Waals surface area contributed by atoms with Gasteiger partial charge in [-0.15, -0.1) is 0 Å². The number of likely N-dealkylation sites (N-methyl/N-ethyl adjacent to an activating group) is 1. The van der Waals surface area contributed by atoms with Crippen LogP contribution in [0, 0.1) is 0 Å². The maximum Gasteiger partial charge on any atom is 0.335 e. The number of aromatic carboxylic acids is 2. The lowest BCUT2D eigenvalue weighted by atomic mass is 10.1. The number of carbonyl (C=O) groups excluding carboxylic acids is 1. The van der Waals surface area contributed by atoms with E-state index in [0.717, 1.165) is 11.1 Å². The molecule has 1 amide bonds. The molecule has 2 N–H and O–H groups in total. The molecule has 1 aliphatic heterocycles. The summed E-state index contributed by atoms with van der Waals surface area (Å²) < 4.78 is 11.7. The van der Waals surface area contributed by atoms with E-state index in [1.165, 1.54) is 40.9 Å². The van der Waals surface area contributed by atoms with E-state index in [2.05, 4.69) is 4.99 Å². The number of nitrogens with zero attached hydrogens (tertiary/aromatic N) is 2. The van der Waals surface area contributed by atoms with Crippen LogP contribution >= 0.6 is 11.8 Å². The Morgan fingerprint density at radius 2 is 1.55 bits per heavy atom. The Hall–Kier alpha value is -4.57. The van der Waals surface area contributed by atoms with Crippen LogP contribution in [-0.2, 0) is 11.4 Å². The minimum Gasteiger partial charge on any atom is -0.490 e. The van der Waals surface area contributed by atoms with Crippen molar-refractivity contribution >= 4 is 46.5 Å². The molecule has 0 atom stereocenters. The second-order valence-corrected chi connectivity index (χ2v) is 9.16. The standard InChI is InChI=1S/C28H24N2O7S/c1-3-36-23-14-18(6-13-22(23)37-16-17-4-7-19(8-5-17)26(32)33)15-24-25(31)30(2)28(38-24)29-21-11-9-20(10-12-21)27(34)35/h4-15H,3,16H2,1-2H3,(H,32,33)(H,34,35)/b24-15-,29-28?. The van der Waals surface area contributed by atoms with Gasteiger partial charge in [-0.1, -0.05) is 18.2 Å². The number of ether oxygens (including phenoxy) is 2. The van der Waals surface area contributed by atoms with E-state index in [0.29, 0.717) is 33.9 Å². The second kappa shape index (κ2) is 11.7. The second-order valence-electron chi connectivity index (χ2n) is 8.15. The van der Waals surface area contributed by atoms with Crippen LogP contribution in [0.25, 0.3) is 6.08 Å². The lowest BCUT2D eigenvalue weighted by Gasteiger charge is -2.13. The van der Waals surface area contributed by atoms with Crippen LogP contribution < -0.4 is 9.47 Å². The number of amidine groups is 1. The van der Waals surface area contributed by atoms with Crippen LogP contribution in [-0.4, -0.2) is 51.8 Å². The first kappa shape index (κ1) is 26.5. The highest BCUT2D eigenvalue weighted by Gasteiger charge is 2.30. The molecule has 1 saturated heterocycles. The predicted octanol–water partition coefficient (Wildman–Crippen LogP) is 5.29. The van der Waals surface area contributed by atoms with Crippen molar-refractivity contribution in [1.82, 2.24) is 4.90 Å². The molecule has 9 nitrogen and oxygen atoms in total. The SMILES string of the molecule is CCOc1cc(/C=C2\SC(=Nc3ccc(C(=O)O)cc3)N(C)C2=O)ccc1OCc1ccc(C(=O)O)cc1. The minimum atomic E-state index is -1.02. The van der Waals surface area contributed by atoms with E-state index in [1.807, 2.05) is 13.0 Å². The maximum atomic E-state index is 12.8. The van der Waals surface area contributed by atoms with E-state index in [-0.39, 0.29) is 23.6 Å². The molecule has 1 heterocycles. The van der Waals surface area contributed by atoms with Crippen molar-refractivity contribution in [3.63, 3.8) is 0 Å². The summed E-state index contributed by atoms with van der Waals surface area (Å²) in [6.45, 7) is 2.50. The number of thioether (sulfide) groups is 1. The zero-order valence-corrected chi connectivity index (χ0v) is 21.4. The van der Waals surface area contributed by atoms with Crippen molar-refractivity contribution in [2.45, 2.75) is 13.5 Å². The Bertz CT molecular complexity index is 1430. The van der Waals surface area contributed by atoms with E-state index in [4.69, 9.17) is 19.7 Å². The van der Waals surface area contributed by atoms with E-state index in [9.17, 15) is 14.4 Å². The molecule has 1 fully saturated rings. The molecule has 0 spiro atoms. The number of carboxylic acids is 2. The van der Waals surface area contributed by atoms with E-state index < -0.39 is 11.9 Å². The summed E-state index contributed by atoms with van der Waals surface area (Å²) >= 11 is 1.22. The lowest BCUT2D eigenvalue weighted by Crippen LogP contribution is -2.23. The molecule has 38 heavy (non-hydrogen) atoms. The van der Waals surface area contributed by atoms with Gasteiger partial charge in [-0.3, -0.25) is 9.69 Å². The molecular formula is C28H24N2O7S. The zero-order valence-electron chi connectivity index (χ0n) is 20.6. The van der Waals surface area contributed by atoms with Gasteiger partial charge in [0.05, 0.1) is 28.3 Å². The number of rotatable bonds is 9. The number of hydrogen-bond donors (Lipinski definition) is 2. The molecule has 0 radical (unpaired) electrons. The molecule has 1 aliphatic rings. The largest absolute Gasteiger partial charge is 0.490 e. The minimum absolute atomic E-state index is 0.159. The van der Waals surface area contributed by atoms with Crippen LogP contribution in [0.1, 0.15) is 38.8 Å². The van der Waals surface area contributed by atoms with Crippen molar-refractivity contribution in [1.29, 1.82) is 0 Å². The summed E-state index contributed by atoms with van der Waals surface area (Å²) in [5.41, 5.74) is 2.45. The van der Waals surface area contributed by atoms with Crippen molar-refractivity contribution in [2.24, 2.45) is 4.99 Å². The number of benzene rings is 3. The number of carboxylic acid groups (broad SMARTS) is 2. The van der Waals surface area contributed by atoms with Crippen molar-refractivity contribution in [3.8, 4) is 11.5 Å². The third-order valence-corrected chi connectivity index (χ3v) is 6.56. The summed E-state index contributed by atoms with van der Waals surface area (Å²) in [5, 5.41) is 18.6. The Labute approximate surface area is 223 Å². The predicted molar refractivity (Wildman–Crippen MR) is 144 cm³/mol. The Morgan fingerprint density at radius 1 is 0.921 bits per heavy atom. The first-order valence-electron chi connectivity index (χ1n) is 11.6. The fraction of sp³-hybridized carbons (Fsp3) is 0.143. The number of hydrogen-bond acceptors (Lipinski definition) is 7. The first-order chi connectivity index (χ1) is 18.2. The molecule has 0 bridgehead atoms. The highest BCUT2D eigenvalue weighted by atomic mass is 32.2. The van der Waals surface area contributed by atoms with Gasteiger partial charge in [0.25, 0.3) is 5.91 Å². The average Bonchev–Trinajstić information content (AvgIpc) is 3.16. The van der Waals surface area contributed by atoms with Crippen LogP contribution in [0.3, 0.4) is 0 Å². The molecule has 0 unspecified atom stereocenters. The van der Waals surface area contributed by atoms with Gasteiger partial charge in [-0.05, 0) is 84.4 Å². The van der Waals surface area contributed by atoms with Gasteiger partial charge >= 0.3 is 11.9 Å². The fourth-order valence-electron chi connectivity index (χ4n) is 3.50. The Kier molecular flexibility index (Phi) is 8.12. The van der Waals surface area contributed by atoms with Crippen molar-refractivity contribution in [3.05, 3.63) is 93.9 Å². The molecule has 3 aromatic carbocycles. The third kappa shape index (κ3) is 6.22. The first-order valence-corrected chi connectivity index (χ1v) is 12.4. The molecule has 10 heteroatoms. The van der Waals surface area contributed by atoms with Crippen LogP contribution in [0.4, 0.5) is 5.69 Å². The van der Waals surface area contributed by atoms with Gasteiger partial charge in [0.2, 0.25) is 0 Å². The van der Waals surface area contributed by atoms with Crippen LogP contribution in [0.2, 0.25) is 0 Å². The summed E-state index contributed by atoms with van der Waals surface area (Å²) in [5.74, 6) is -1.18. The average molecular weight is 533 g/mol. The summed E-state index contributed by atoms with van der Waals surface area (Å²) in [6, 6.07) is 17.9. The van der Waals surface area contributed by atoms with Gasteiger partial charge in [0.15, 0.2) is 16.7 Å². The number of amides is 1. The lowest BCUT2D eigenvalue weighted by molar-refractivity contribution is -0.121. The van der Waals surface area contributed by atoms with Crippen molar-refractivity contribution < 1.29 is 34.1 Å². The molecule has 194 valence electrons. The summed E-state index contributed by atoms with van der Waals surface area (Å²) in [6.07, 6.45) is 1.75. The van der Waals surface area contributed by atoms with E-state index in [1.54, 1.807) is 49.5 Å². The Balaban J connectivity index is 1.50. The highest BCUT2D eigenvalue weighted by Crippen LogP contribution is 2.35. The molecular weight excluding hydrogens is 508 g/mol. The Morgan fingerprint density at radius 3 is 2.16 bits per heavy atom. The summed E-state index contributed by atoms with van der Waals surface area (Å²) in [7, 11) is 1.63. The molecule has 3 aromatic rings. The summed E-state index contributed by atoms with van der Waals surface area (Å²) in [4.78, 5) is 41.3. The third-order valence-electron chi connectivity index (χ3n) is 5.50. The zero-order chi connectivity index (χ0) is 27.2. The van der Waals surface area contributed by atoms with Crippen LogP contribution in [0.15, 0.2) is 76.6 Å². The fourth-order valence-corrected chi connectivity index (χ4v) is 4.49. The number of carbonyl (C=O) groups is 3. The molecule has 0 saturated carbocycles. The quantitative estimate of drug-likeness (QED) is 0.356. The maximum absolute atomic E-state index is 12.8. The van der Waals surface area contributed by atoms with Gasteiger partial charge in [0, 0.05) is 7.05 Å². The molecule has 4 rings (SSSR count). The topological polar surface area (TPSA) is 126 Å². The van der Waals surface area contributed by atoms with Gasteiger partial charge < -0.3 is 19.7 Å². The van der Waals surface area contributed by atoms with Gasteiger partial charge in [-0.2, -0.15) is 0 Å². The van der Waals surface area contributed by atoms with Gasteiger partial charge in [0.1, 0.15) is 6.61 Å². The monoisotopic (exact) mass is 532 g/mol. The van der Waals surface area contributed by atoms with Crippen molar-refractivity contribution in [2.75, 3.05) is 13.7 Å². The normalized spacial score (nSPS) is 15.2. The van der Waals surface area contributed by atoms with Gasteiger partial charge in [-0.25, -0.2) is 14.6 Å². The molecule has 0 aliphatic carbocycles. The highest BCUT2D eigenvalue weighted by molar-refractivity contribution is 8.18. The molecule has 0 aromatic heterocycles. The van der Waals surface area contributed by atoms with Crippen LogP contribution in [0.5, 0.6) is 11.5 Å².